The number of fused-ring (bicyclic) bond motifs is 2. The fraction of sp³-hybridized carbons (Fsp3) is 0.0909. The van der Waals surface area contributed by atoms with Crippen molar-refractivity contribution in [2.45, 2.75) is 13.0 Å². The van der Waals surface area contributed by atoms with Crippen molar-refractivity contribution < 1.29 is 14.7 Å². The maximum Gasteiger partial charge on any atom is 0.335 e. The number of carbonyl (C=O) groups excluding carboxylic acids is 1. The normalized spacial score (nSPS) is 12.7. The first kappa shape index (κ1) is 16.1. The van der Waals surface area contributed by atoms with Crippen LogP contribution in [-0.2, 0) is 13.0 Å². The highest BCUT2D eigenvalue weighted by Gasteiger charge is 2.24. The molecule has 1 amide bonds. The molecule has 0 atom stereocenters. The van der Waals surface area contributed by atoms with Gasteiger partial charge in [0.2, 0.25) is 0 Å². The summed E-state index contributed by atoms with van der Waals surface area (Å²) in [5.41, 5.74) is 4.99. The van der Waals surface area contributed by atoms with Crippen molar-refractivity contribution in [3.05, 3.63) is 101 Å². The highest BCUT2D eigenvalue weighted by Crippen LogP contribution is 2.31. The second-order valence-corrected chi connectivity index (χ2v) is 6.35. The van der Waals surface area contributed by atoms with E-state index in [1.54, 1.807) is 17.0 Å². The van der Waals surface area contributed by atoms with Crippen molar-refractivity contribution >= 4 is 17.6 Å². The van der Waals surface area contributed by atoms with Crippen LogP contribution >= 0.6 is 0 Å². The van der Waals surface area contributed by atoms with Gasteiger partial charge in [-0.1, -0.05) is 42.5 Å². The number of para-hydroxylation sites is 1. The van der Waals surface area contributed by atoms with Crippen LogP contribution in [-0.4, -0.2) is 17.0 Å². The van der Waals surface area contributed by atoms with Gasteiger partial charge in [0.05, 0.1) is 12.1 Å². The van der Waals surface area contributed by atoms with Gasteiger partial charge in [-0.25, -0.2) is 4.79 Å². The van der Waals surface area contributed by atoms with E-state index in [1.165, 1.54) is 17.7 Å². The fourth-order valence-corrected chi connectivity index (χ4v) is 3.36. The third-order valence-electron chi connectivity index (χ3n) is 4.73. The Bertz CT molecular complexity index is 992. The topological polar surface area (TPSA) is 57.6 Å². The van der Waals surface area contributed by atoms with E-state index in [0.29, 0.717) is 12.1 Å². The van der Waals surface area contributed by atoms with Crippen molar-refractivity contribution in [2.24, 2.45) is 0 Å². The van der Waals surface area contributed by atoms with E-state index < -0.39 is 5.97 Å². The Labute approximate surface area is 151 Å². The molecule has 128 valence electrons. The minimum atomic E-state index is -1.00. The van der Waals surface area contributed by atoms with Crippen molar-refractivity contribution in [3.63, 3.8) is 0 Å². The van der Waals surface area contributed by atoms with Crippen LogP contribution in [0.2, 0.25) is 0 Å². The predicted molar refractivity (Wildman–Crippen MR) is 99.6 cm³/mol. The van der Waals surface area contributed by atoms with Gasteiger partial charge in [-0.2, -0.15) is 0 Å². The average molecular weight is 343 g/mol. The SMILES string of the molecule is O=C(O)c1ccc(C(=O)N2Cc3ccccc3Cc3ccccc32)cc1. The first-order valence-corrected chi connectivity index (χ1v) is 8.43. The van der Waals surface area contributed by atoms with E-state index >= 15 is 0 Å². The summed E-state index contributed by atoms with van der Waals surface area (Å²) in [6.45, 7) is 0.493. The molecule has 0 saturated carbocycles. The summed E-state index contributed by atoms with van der Waals surface area (Å²) in [6, 6.07) is 22.2. The molecule has 0 unspecified atom stereocenters. The van der Waals surface area contributed by atoms with Gasteiger partial charge >= 0.3 is 5.97 Å². The highest BCUT2D eigenvalue weighted by molar-refractivity contribution is 6.07. The minimum Gasteiger partial charge on any atom is -0.478 e. The van der Waals surface area contributed by atoms with Crippen LogP contribution in [0.4, 0.5) is 5.69 Å². The Morgan fingerprint density at radius 1 is 0.731 bits per heavy atom. The number of amides is 1. The van der Waals surface area contributed by atoms with Crippen LogP contribution in [0, 0.1) is 0 Å². The molecule has 4 heteroatoms. The lowest BCUT2D eigenvalue weighted by molar-refractivity contribution is 0.0696. The van der Waals surface area contributed by atoms with Gasteiger partial charge in [0.25, 0.3) is 5.91 Å². The molecule has 1 N–H and O–H groups in total. The fourth-order valence-electron chi connectivity index (χ4n) is 3.36. The lowest BCUT2D eigenvalue weighted by Crippen LogP contribution is -2.30. The van der Waals surface area contributed by atoms with E-state index in [-0.39, 0.29) is 11.5 Å². The van der Waals surface area contributed by atoms with Crippen molar-refractivity contribution in [1.29, 1.82) is 0 Å². The van der Waals surface area contributed by atoms with Gasteiger partial charge in [-0.15, -0.1) is 0 Å². The number of carbonyl (C=O) groups is 2. The Morgan fingerprint density at radius 3 is 2.00 bits per heavy atom. The number of nitrogens with zero attached hydrogens (tertiary/aromatic N) is 1. The zero-order valence-electron chi connectivity index (χ0n) is 14.1. The number of hydrogen-bond acceptors (Lipinski definition) is 2. The number of benzene rings is 3. The summed E-state index contributed by atoms with van der Waals surface area (Å²) in [5, 5.41) is 9.04. The quantitative estimate of drug-likeness (QED) is 0.761. The minimum absolute atomic E-state index is 0.133. The van der Waals surface area contributed by atoms with Crippen LogP contribution in [0.25, 0.3) is 0 Å². The second kappa shape index (κ2) is 6.48. The molecular formula is C22H17NO3. The summed E-state index contributed by atoms with van der Waals surface area (Å²) in [6.07, 6.45) is 0.786. The Morgan fingerprint density at radius 2 is 1.31 bits per heavy atom. The molecule has 0 aliphatic carbocycles. The molecule has 26 heavy (non-hydrogen) atoms. The van der Waals surface area contributed by atoms with Gasteiger partial charge < -0.3 is 10.0 Å². The average Bonchev–Trinajstić information content (AvgIpc) is 2.84. The van der Waals surface area contributed by atoms with Crippen LogP contribution in [0.1, 0.15) is 37.4 Å². The van der Waals surface area contributed by atoms with E-state index in [4.69, 9.17) is 5.11 Å². The third kappa shape index (κ3) is 2.86. The van der Waals surface area contributed by atoms with Crippen LogP contribution in [0.3, 0.4) is 0 Å². The van der Waals surface area contributed by atoms with E-state index in [0.717, 1.165) is 23.2 Å². The first-order chi connectivity index (χ1) is 12.6. The molecular weight excluding hydrogens is 326 g/mol. The second-order valence-electron chi connectivity index (χ2n) is 6.35. The van der Waals surface area contributed by atoms with Crippen molar-refractivity contribution in [3.8, 4) is 0 Å². The Hall–Kier alpha value is -3.40. The monoisotopic (exact) mass is 343 g/mol. The Balaban J connectivity index is 1.76. The molecule has 0 fully saturated rings. The summed E-state index contributed by atoms with van der Waals surface area (Å²) < 4.78 is 0. The molecule has 0 bridgehead atoms. The number of carboxylic acid groups (broad SMARTS) is 1. The molecule has 0 spiro atoms. The number of carboxylic acids is 1. The largest absolute Gasteiger partial charge is 0.478 e. The summed E-state index contributed by atoms with van der Waals surface area (Å²) in [5.74, 6) is -1.14. The number of rotatable bonds is 2. The molecule has 0 aromatic heterocycles. The smallest absolute Gasteiger partial charge is 0.335 e. The number of anilines is 1. The Kier molecular flexibility index (Phi) is 4.01. The zero-order valence-corrected chi connectivity index (χ0v) is 14.1. The number of aromatic carboxylic acids is 1. The molecule has 4 rings (SSSR count). The molecule has 1 aliphatic heterocycles. The van der Waals surface area contributed by atoms with Crippen molar-refractivity contribution in [2.75, 3.05) is 4.90 Å². The van der Waals surface area contributed by atoms with E-state index in [9.17, 15) is 9.59 Å². The standard InChI is InChI=1S/C22H17NO3/c24-21(15-9-11-16(12-10-15)22(25)26)23-14-19-7-2-1-5-17(19)13-18-6-3-4-8-20(18)23/h1-12H,13-14H2,(H,25,26). The number of hydrogen-bond donors (Lipinski definition) is 1. The van der Waals surface area contributed by atoms with E-state index in [2.05, 4.69) is 12.1 Å². The molecule has 1 aliphatic rings. The van der Waals surface area contributed by atoms with Crippen LogP contribution < -0.4 is 4.90 Å². The van der Waals surface area contributed by atoms with Crippen LogP contribution in [0.15, 0.2) is 72.8 Å². The summed E-state index contributed by atoms with van der Waals surface area (Å²) >= 11 is 0. The molecule has 3 aromatic carbocycles. The first-order valence-electron chi connectivity index (χ1n) is 8.43. The maximum atomic E-state index is 13.2. The predicted octanol–water partition coefficient (Wildman–Crippen LogP) is 4.14. The van der Waals surface area contributed by atoms with Gasteiger partial charge in [-0.3, -0.25) is 4.79 Å². The molecule has 3 aromatic rings. The highest BCUT2D eigenvalue weighted by atomic mass is 16.4. The molecule has 0 saturated heterocycles. The molecule has 4 nitrogen and oxygen atoms in total. The van der Waals surface area contributed by atoms with Crippen LogP contribution in [0.5, 0.6) is 0 Å². The summed E-state index contributed by atoms with van der Waals surface area (Å²) in [7, 11) is 0. The van der Waals surface area contributed by atoms with Gasteiger partial charge in [0.15, 0.2) is 0 Å². The van der Waals surface area contributed by atoms with E-state index in [1.807, 2.05) is 36.4 Å². The molecule has 0 radical (unpaired) electrons. The maximum absolute atomic E-state index is 13.2. The molecule has 1 heterocycles. The van der Waals surface area contributed by atoms with Gasteiger partial charge in [0, 0.05) is 11.3 Å². The van der Waals surface area contributed by atoms with Crippen molar-refractivity contribution in [1.82, 2.24) is 0 Å². The lowest BCUT2D eigenvalue weighted by atomic mass is 10.0. The zero-order chi connectivity index (χ0) is 18.1. The third-order valence-corrected chi connectivity index (χ3v) is 4.73. The lowest BCUT2D eigenvalue weighted by Gasteiger charge is -2.23. The van der Waals surface area contributed by atoms with Gasteiger partial charge in [-0.05, 0) is 53.4 Å². The summed E-state index contributed by atoms with van der Waals surface area (Å²) in [4.78, 5) is 26.0. The van der Waals surface area contributed by atoms with Gasteiger partial charge in [0.1, 0.15) is 0 Å².